The number of benzene rings is 22. The average molecular weight is 1850 g/mol. The summed E-state index contributed by atoms with van der Waals surface area (Å²) in [5.74, 6) is -0.245. The summed E-state index contributed by atoms with van der Waals surface area (Å²) in [5, 5.41) is 17.4. The molecule has 660 valence electrons. The molecular weight excluding hydrogens is 1760 g/mol. The normalized spacial score (nSPS) is 11.6. The molecule has 140 heavy (non-hydrogen) atoms. The van der Waals surface area contributed by atoms with Crippen LogP contribution in [0, 0.1) is 5.82 Å². The standard InChI is InChI=1S/C52H34N2S.C42H28N2S.C36H23FN2S/c1-2-17-39(18-3-1)54-48-25-9-8-21-46(48)52-50(54)47-24-12-26-49(51(47)55-52)53(40-31-27-37(28-32-40)44-22-10-15-35-13-4-6-19-42(35)44)41-33-29-38(30-34-41)45-23-11-16-36-14-5-7-20-43(36)45;1-3-14-33(15-4-1)43(35-26-24-30(25-27-35)32-23-22-29-12-7-8-13-31(29)28-32)39-21-11-19-37-40-42(45-41(37)39)36-18-9-10-20-38(36)44(40)34-16-5-2-6-17-34;37-25-20-22-27(23-21-25)38(31-18-8-11-24-10-4-5-14-28(24)31)33-19-9-16-30-34-36(40-35(30)33)29-15-6-7-17-32(29)39(34)26-12-2-1-3-13-26/h1-34H;1-28H;1-23H. The minimum atomic E-state index is -0.245. The molecule has 28 rings (SSSR count). The van der Waals surface area contributed by atoms with E-state index in [4.69, 9.17) is 0 Å². The van der Waals surface area contributed by atoms with Crippen molar-refractivity contribution in [3.05, 3.63) is 521 Å². The van der Waals surface area contributed by atoms with Gasteiger partial charge in [-0.05, 0) is 229 Å². The summed E-state index contributed by atoms with van der Waals surface area (Å²) in [6.07, 6.45) is 0. The fourth-order valence-electron chi connectivity index (χ4n) is 21.0. The number of para-hydroxylation sites is 7. The van der Waals surface area contributed by atoms with E-state index in [0.29, 0.717) is 0 Å². The minimum Gasteiger partial charge on any atom is -0.309 e. The third-order valence-corrected chi connectivity index (χ3v) is 31.1. The number of nitrogens with zero attached hydrogens (tertiary/aromatic N) is 6. The third kappa shape index (κ3) is 14.5. The molecule has 0 fully saturated rings. The van der Waals surface area contributed by atoms with Gasteiger partial charge in [0.2, 0.25) is 0 Å². The second kappa shape index (κ2) is 35.3. The van der Waals surface area contributed by atoms with E-state index in [2.05, 4.69) is 520 Å². The Labute approximate surface area is 820 Å². The van der Waals surface area contributed by atoms with E-state index in [-0.39, 0.29) is 5.82 Å². The van der Waals surface area contributed by atoms with Gasteiger partial charge in [-0.2, -0.15) is 0 Å². The number of rotatable bonds is 15. The fraction of sp³-hybridized carbons (Fsp3) is 0. The Hall–Kier alpha value is -17.5. The van der Waals surface area contributed by atoms with E-state index < -0.39 is 0 Å². The first kappa shape index (κ1) is 83.1. The van der Waals surface area contributed by atoms with Crippen LogP contribution in [0.2, 0.25) is 0 Å². The Morgan fingerprint density at radius 2 is 0.450 bits per heavy atom. The molecular formula is C130H85FN6S3. The molecule has 6 nitrogen and oxygen atoms in total. The van der Waals surface area contributed by atoms with Crippen LogP contribution in [-0.4, -0.2) is 13.7 Å². The number of fused-ring (bicyclic) bond motifs is 19. The quantitative estimate of drug-likeness (QED) is 0.102. The monoisotopic (exact) mass is 1840 g/mol. The highest BCUT2D eigenvalue weighted by atomic mass is 32.1. The summed E-state index contributed by atoms with van der Waals surface area (Å²) >= 11 is 5.60. The van der Waals surface area contributed by atoms with Gasteiger partial charge in [-0.3, -0.25) is 0 Å². The lowest BCUT2D eigenvalue weighted by molar-refractivity contribution is 0.628. The first-order chi connectivity index (χ1) is 69.4. The van der Waals surface area contributed by atoms with E-state index >= 15 is 0 Å². The van der Waals surface area contributed by atoms with Crippen LogP contribution in [0.4, 0.5) is 55.6 Å². The molecule has 28 aromatic rings. The van der Waals surface area contributed by atoms with Crippen molar-refractivity contribution in [3.8, 4) is 50.4 Å². The molecule has 0 radical (unpaired) electrons. The predicted octanol–water partition coefficient (Wildman–Crippen LogP) is 38.2. The van der Waals surface area contributed by atoms with Gasteiger partial charge in [-0.15, -0.1) is 34.0 Å². The Kier molecular flexibility index (Phi) is 21.0. The van der Waals surface area contributed by atoms with Crippen LogP contribution in [0.25, 0.3) is 187 Å². The maximum Gasteiger partial charge on any atom is 0.123 e. The van der Waals surface area contributed by atoms with Gasteiger partial charge in [0.25, 0.3) is 0 Å². The summed E-state index contributed by atoms with van der Waals surface area (Å²) in [6.45, 7) is 0. The summed E-state index contributed by atoms with van der Waals surface area (Å²) in [4.78, 5) is 7.11. The fourth-order valence-corrected chi connectivity index (χ4v) is 25.0. The molecule has 0 amide bonds. The lowest BCUT2D eigenvalue weighted by atomic mass is 9.97. The second-order valence-corrected chi connectivity index (χ2v) is 38.5. The molecule has 0 aliphatic heterocycles. The highest BCUT2D eigenvalue weighted by molar-refractivity contribution is 7.28. The zero-order chi connectivity index (χ0) is 92.7. The second-order valence-electron chi connectivity index (χ2n) is 35.4. The van der Waals surface area contributed by atoms with Gasteiger partial charge in [0.1, 0.15) is 5.82 Å². The third-order valence-electron chi connectivity index (χ3n) is 27.4. The largest absolute Gasteiger partial charge is 0.309 e. The highest BCUT2D eigenvalue weighted by Crippen LogP contribution is 2.54. The van der Waals surface area contributed by atoms with Crippen molar-refractivity contribution in [1.82, 2.24) is 13.7 Å². The minimum absolute atomic E-state index is 0.245. The smallest absolute Gasteiger partial charge is 0.123 e. The molecule has 0 saturated heterocycles. The number of hydrogen-bond donors (Lipinski definition) is 0. The zero-order valence-corrected chi connectivity index (χ0v) is 78.3. The van der Waals surface area contributed by atoms with Crippen LogP contribution < -0.4 is 14.7 Å². The van der Waals surface area contributed by atoms with Crippen molar-refractivity contribution in [3.63, 3.8) is 0 Å². The van der Waals surface area contributed by atoms with Crippen LogP contribution in [0.15, 0.2) is 516 Å². The van der Waals surface area contributed by atoms with Gasteiger partial charge < -0.3 is 28.4 Å². The first-order valence-electron chi connectivity index (χ1n) is 47.4. The molecule has 6 aromatic heterocycles. The lowest BCUT2D eigenvalue weighted by Crippen LogP contribution is -2.10. The Morgan fingerprint density at radius 3 is 0.871 bits per heavy atom. The van der Waals surface area contributed by atoms with Gasteiger partial charge in [0.15, 0.2) is 0 Å². The van der Waals surface area contributed by atoms with Crippen LogP contribution in [0.3, 0.4) is 0 Å². The van der Waals surface area contributed by atoms with Crippen LogP contribution in [0.5, 0.6) is 0 Å². The average Bonchev–Trinajstić information content (AvgIpc) is 1.56. The van der Waals surface area contributed by atoms with E-state index in [9.17, 15) is 4.39 Å². The van der Waals surface area contributed by atoms with Gasteiger partial charge in [0, 0.05) is 83.2 Å². The number of thiophene rings is 3. The Balaban J connectivity index is 0.000000110. The molecule has 0 unspecified atom stereocenters. The van der Waals surface area contributed by atoms with Crippen molar-refractivity contribution in [2.24, 2.45) is 0 Å². The molecule has 0 atom stereocenters. The number of hydrogen-bond acceptors (Lipinski definition) is 6. The van der Waals surface area contributed by atoms with Crippen molar-refractivity contribution < 1.29 is 4.39 Å². The highest BCUT2D eigenvalue weighted by Gasteiger charge is 2.29. The molecule has 0 bridgehead atoms. The molecule has 0 aliphatic carbocycles. The molecule has 6 heterocycles. The lowest BCUT2D eigenvalue weighted by Gasteiger charge is -2.27. The van der Waals surface area contributed by atoms with Gasteiger partial charge in [0.05, 0.1) is 84.0 Å². The van der Waals surface area contributed by atoms with Crippen molar-refractivity contribution in [2.45, 2.75) is 0 Å². The maximum atomic E-state index is 14.1. The van der Waals surface area contributed by atoms with E-state index in [1.165, 1.54) is 194 Å². The molecule has 0 aliphatic rings. The molecule has 0 saturated carbocycles. The molecule has 0 spiro atoms. The Morgan fingerprint density at radius 1 is 0.171 bits per heavy atom. The first-order valence-corrected chi connectivity index (χ1v) is 49.8. The van der Waals surface area contributed by atoms with E-state index in [1.54, 1.807) is 0 Å². The number of anilines is 9. The van der Waals surface area contributed by atoms with E-state index in [1.807, 2.05) is 46.1 Å². The van der Waals surface area contributed by atoms with E-state index in [0.717, 1.165) is 56.3 Å². The zero-order valence-electron chi connectivity index (χ0n) is 75.9. The van der Waals surface area contributed by atoms with Crippen LogP contribution in [0.1, 0.15) is 0 Å². The molecule has 0 N–H and O–H groups in total. The maximum absolute atomic E-state index is 14.1. The van der Waals surface area contributed by atoms with Crippen LogP contribution in [-0.2, 0) is 0 Å². The van der Waals surface area contributed by atoms with Gasteiger partial charge in [-0.1, -0.05) is 358 Å². The predicted molar refractivity (Wildman–Crippen MR) is 599 cm³/mol. The number of aromatic nitrogens is 3. The van der Waals surface area contributed by atoms with Crippen LogP contribution >= 0.6 is 34.0 Å². The molecule has 22 aromatic carbocycles. The summed E-state index contributed by atoms with van der Waals surface area (Å²) in [6, 6.07) is 184. The van der Waals surface area contributed by atoms with Gasteiger partial charge >= 0.3 is 0 Å². The molecule has 10 heteroatoms. The topological polar surface area (TPSA) is 24.5 Å². The summed E-state index contributed by atoms with van der Waals surface area (Å²) in [7, 11) is 0. The van der Waals surface area contributed by atoms with Crippen molar-refractivity contribution in [2.75, 3.05) is 14.7 Å². The van der Waals surface area contributed by atoms with Crippen molar-refractivity contribution >= 4 is 222 Å². The van der Waals surface area contributed by atoms with Crippen molar-refractivity contribution in [1.29, 1.82) is 0 Å². The summed E-state index contributed by atoms with van der Waals surface area (Å²) < 4.78 is 29.0. The van der Waals surface area contributed by atoms with Gasteiger partial charge in [-0.25, -0.2) is 4.39 Å². The SMILES string of the molecule is Fc1ccc(N(c2cccc3ccccc23)c2cccc3c2sc2c4ccccc4n(-c4ccccc4)c32)cc1.c1ccc(-n2c3ccccc3c3sc4c(N(c5ccc(-c6cccc7ccccc67)cc5)c5ccc(-c6cccc7ccccc67)cc5)cccc4c32)cc1.c1ccc(N(c2ccc(-c3ccc4ccccc4c3)cc2)c2cccc3c2sc2c4ccccc4n(-c4ccccc4)c32)cc1. The number of halogens is 1. The Bertz CT molecular complexity index is 9440. The summed E-state index contributed by atoms with van der Waals surface area (Å²) in [5.41, 5.74) is 28.1.